The van der Waals surface area contributed by atoms with Gasteiger partial charge in [-0.1, -0.05) is 35.5 Å². The minimum Gasteiger partial charge on any atom is -0.295 e. The quantitative estimate of drug-likeness (QED) is 0.670. The van der Waals surface area contributed by atoms with Crippen LogP contribution in [0.1, 0.15) is 22.8 Å². The fourth-order valence-electron chi connectivity index (χ4n) is 1.64. The number of alkyl halides is 3. The lowest BCUT2D eigenvalue weighted by Crippen LogP contribution is -2.04. The average Bonchev–Trinajstić information content (AvgIpc) is 2.40. The van der Waals surface area contributed by atoms with Crippen LogP contribution in [0.25, 0.3) is 0 Å². The van der Waals surface area contributed by atoms with Gasteiger partial charge in [-0.3, -0.25) is 4.79 Å². The zero-order valence-corrected chi connectivity index (χ0v) is 12.4. The second kappa shape index (κ2) is 6.12. The maximum absolute atomic E-state index is 12.7. The summed E-state index contributed by atoms with van der Waals surface area (Å²) in [5, 5.41) is 0.253. The predicted octanol–water partition coefficient (Wildman–Crippen LogP) is 5.71. The van der Waals surface area contributed by atoms with E-state index in [1.54, 1.807) is 24.3 Å². The zero-order valence-electron chi connectivity index (χ0n) is 10.9. The number of hydrogen-bond acceptors (Lipinski definition) is 2. The highest BCUT2D eigenvalue weighted by atomic mass is 35.5. The first-order chi connectivity index (χ1) is 9.77. The summed E-state index contributed by atoms with van der Waals surface area (Å²) in [6.07, 6.45) is -4.40. The van der Waals surface area contributed by atoms with Crippen LogP contribution in [0.15, 0.2) is 52.3 Å². The molecule has 0 aliphatic heterocycles. The van der Waals surface area contributed by atoms with E-state index in [4.69, 9.17) is 11.6 Å². The second-order valence-electron chi connectivity index (χ2n) is 4.33. The number of carbonyl (C=O) groups excluding carboxylic acids is 1. The summed E-state index contributed by atoms with van der Waals surface area (Å²) in [5.41, 5.74) is -0.191. The normalized spacial score (nSPS) is 11.5. The molecule has 0 N–H and O–H groups in total. The highest BCUT2D eigenvalue weighted by molar-refractivity contribution is 7.99. The largest absolute Gasteiger partial charge is 0.416 e. The summed E-state index contributed by atoms with van der Waals surface area (Å²) in [6.45, 7) is 1.45. The molecule has 0 amide bonds. The zero-order chi connectivity index (χ0) is 15.6. The summed E-state index contributed by atoms with van der Waals surface area (Å²) < 4.78 is 38.1. The summed E-state index contributed by atoms with van der Waals surface area (Å²) in [7, 11) is 0. The van der Waals surface area contributed by atoms with E-state index in [0.717, 1.165) is 23.9 Å². The van der Waals surface area contributed by atoms with E-state index in [1.165, 1.54) is 13.0 Å². The van der Waals surface area contributed by atoms with Gasteiger partial charge in [0.15, 0.2) is 5.78 Å². The van der Waals surface area contributed by atoms with Gasteiger partial charge in [-0.2, -0.15) is 13.2 Å². The first-order valence-corrected chi connectivity index (χ1v) is 7.12. The number of ketones is 1. The maximum atomic E-state index is 12.7. The van der Waals surface area contributed by atoms with Crippen molar-refractivity contribution in [2.24, 2.45) is 0 Å². The van der Waals surface area contributed by atoms with E-state index >= 15 is 0 Å². The SMILES string of the molecule is CC(=O)c1ccc(Sc2cc(C(F)(F)F)ccc2Cl)cc1. The molecule has 0 unspecified atom stereocenters. The van der Waals surface area contributed by atoms with Crippen molar-refractivity contribution in [1.29, 1.82) is 0 Å². The molecule has 0 fully saturated rings. The van der Waals surface area contributed by atoms with E-state index in [0.29, 0.717) is 15.4 Å². The molecule has 21 heavy (non-hydrogen) atoms. The second-order valence-corrected chi connectivity index (χ2v) is 5.85. The van der Waals surface area contributed by atoms with Gasteiger partial charge in [0.05, 0.1) is 10.6 Å². The van der Waals surface area contributed by atoms with Gasteiger partial charge in [-0.25, -0.2) is 0 Å². The Morgan fingerprint density at radius 3 is 2.24 bits per heavy atom. The molecule has 0 aromatic heterocycles. The monoisotopic (exact) mass is 330 g/mol. The van der Waals surface area contributed by atoms with E-state index in [2.05, 4.69) is 0 Å². The highest BCUT2D eigenvalue weighted by Crippen LogP contribution is 2.38. The van der Waals surface area contributed by atoms with E-state index < -0.39 is 11.7 Å². The lowest BCUT2D eigenvalue weighted by atomic mass is 10.2. The maximum Gasteiger partial charge on any atom is 0.416 e. The molecule has 1 nitrogen and oxygen atoms in total. The molecule has 0 bridgehead atoms. The summed E-state index contributed by atoms with van der Waals surface area (Å²) in [5.74, 6) is -0.0661. The third-order valence-corrected chi connectivity index (χ3v) is 4.25. The topological polar surface area (TPSA) is 17.1 Å². The molecule has 2 aromatic carbocycles. The van der Waals surface area contributed by atoms with Crippen molar-refractivity contribution in [3.63, 3.8) is 0 Å². The number of benzene rings is 2. The first-order valence-electron chi connectivity index (χ1n) is 5.93. The van der Waals surface area contributed by atoms with E-state index in [9.17, 15) is 18.0 Å². The highest BCUT2D eigenvalue weighted by Gasteiger charge is 2.31. The van der Waals surface area contributed by atoms with Crippen molar-refractivity contribution in [2.75, 3.05) is 0 Å². The smallest absolute Gasteiger partial charge is 0.295 e. The molecule has 0 aliphatic carbocycles. The Bertz CT molecular complexity index is 666. The molecular weight excluding hydrogens is 321 g/mol. The van der Waals surface area contributed by atoms with Crippen molar-refractivity contribution in [3.8, 4) is 0 Å². The van der Waals surface area contributed by atoms with Gasteiger partial charge in [0.2, 0.25) is 0 Å². The molecule has 0 saturated heterocycles. The van der Waals surface area contributed by atoms with Gasteiger partial charge in [0.25, 0.3) is 0 Å². The minimum absolute atomic E-state index is 0.0661. The van der Waals surface area contributed by atoms with Crippen LogP contribution >= 0.6 is 23.4 Å². The number of rotatable bonds is 3. The molecule has 0 aliphatic rings. The van der Waals surface area contributed by atoms with Gasteiger partial charge in [0.1, 0.15) is 0 Å². The predicted molar refractivity (Wildman–Crippen MR) is 77.0 cm³/mol. The molecule has 0 atom stereocenters. The third-order valence-electron chi connectivity index (χ3n) is 2.75. The molecule has 0 spiro atoms. The molecule has 0 radical (unpaired) electrons. The Morgan fingerprint density at radius 1 is 1.10 bits per heavy atom. The fraction of sp³-hybridized carbons (Fsp3) is 0.133. The molecule has 2 aromatic rings. The lowest BCUT2D eigenvalue weighted by Gasteiger charge is -2.10. The van der Waals surface area contributed by atoms with Crippen LogP contribution in [0.5, 0.6) is 0 Å². The van der Waals surface area contributed by atoms with Crippen LogP contribution in [0.2, 0.25) is 5.02 Å². The van der Waals surface area contributed by atoms with Crippen LogP contribution in [-0.4, -0.2) is 5.78 Å². The van der Waals surface area contributed by atoms with Crippen LogP contribution < -0.4 is 0 Å². The number of carbonyl (C=O) groups is 1. The van der Waals surface area contributed by atoms with Gasteiger partial charge in [-0.15, -0.1) is 0 Å². The standard InChI is InChI=1S/C15H10ClF3OS/c1-9(20)10-2-5-12(6-3-10)21-14-8-11(15(17,18)19)4-7-13(14)16/h2-8H,1H3. The van der Waals surface area contributed by atoms with Crippen molar-refractivity contribution in [1.82, 2.24) is 0 Å². The van der Waals surface area contributed by atoms with Crippen molar-refractivity contribution < 1.29 is 18.0 Å². The first kappa shape index (κ1) is 15.9. The Hall–Kier alpha value is -1.46. The fourth-order valence-corrected chi connectivity index (χ4v) is 2.75. The molecule has 0 saturated carbocycles. The Morgan fingerprint density at radius 2 is 1.71 bits per heavy atom. The van der Waals surface area contributed by atoms with Crippen molar-refractivity contribution in [2.45, 2.75) is 22.9 Å². The minimum atomic E-state index is -4.40. The molecule has 6 heteroatoms. The van der Waals surface area contributed by atoms with E-state index in [1.807, 2.05) is 0 Å². The Kier molecular flexibility index (Phi) is 4.64. The molecular formula is C15H10ClF3OS. The van der Waals surface area contributed by atoms with Gasteiger partial charge >= 0.3 is 6.18 Å². The Labute approximate surface area is 129 Å². The summed E-state index contributed by atoms with van der Waals surface area (Å²) >= 11 is 7.06. The summed E-state index contributed by atoms with van der Waals surface area (Å²) in [4.78, 5) is 12.2. The number of Topliss-reactive ketones (excluding diaryl/α,β-unsaturated/α-hetero) is 1. The van der Waals surface area contributed by atoms with Crippen LogP contribution in [-0.2, 0) is 6.18 Å². The van der Waals surface area contributed by atoms with E-state index in [-0.39, 0.29) is 10.8 Å². The van der Waals surface area contributed by atoms with Crippen LogP contribution in [0, 0.1) is 0 Å². The van der Waals surface area contributed by atoms with Crippen molar-refractivity contribution in [3.05, 3.63) is 58.6 Å². The molecule has 110 valence electrons. The number of halogens is 4. The van der Waals surface area contributed by atoms with Gasteiger partial charge in [-0.05, 0) is 37.3 Å². The van der Waals surface area contributed by atoms with Crippen LogP contribution in [0.4, 0.5) is 13.2 Å². The van der Waals surface area contributed by atoms with Crippen LogP contribution in [0.3, 0.4) is 0 Å². The molecule has 2 rings (SSSR count). The third kappa shape index (κ3) is 4.02. The molecule has 0 heterocycles. The lowest BCUT2D eigenvalue weighted by molar-refractivity contribution is -0.137. The van der Waals surface area contributed by atoms with Gasteiger partial charge in [0, 0.05) is 15.4 Å². The Balaban J connectivity index is 2.28. The average molecular weight is 331 g/mol. The van der Waals surface area contributed by atoms with Gasteiger partial charge < -0.3 is 0 Å². The summed E-state index contributed by atoms with van der Waals surface area (Å²) in [6, 6.07) is 9.82. The van der Waals surface area contributed by atoms with Crippen molar-refractivity contribution >= 4 is 29.1 Å². The number of hydrogen-bond donors (Lipinski definition) is 0.